The lowest BCUT2D eigenvalue weighted by Gasteiger charge is -2.28. The van der Waals surface area contributed by atoms with Crippen LogP contribution in [0.15, 0.2) is 253 Å². The van der Waals surface area contributed by atoms with Crippen LogP contribution in [0.2, 0.25) is 0 Å². The molecule has 0 amide bonds. The van der Waals surface area contributed by atoms with Gasteiger partial charge in [-0.15, -0.1) is 0 Å². The maximum atomic E-state index is 6.71. The molecule has 0 N–H and O–H groups in total. The molecule has 11 aromatic carbocycles. The van der Waals surface area contributed by atoms with E-state index in [0.717, 1.165) is 55.7 Å². The highest BCUT2D eigenvalue weighted by Gasteiger charge is 2.22. The molecule has 0 saturated carbocycles. The summed E-state index contributed by atoms with van der Waals surface area (Å²) in [7, 11) is 0. The zero-order chi connectivity index (χ0) is 42.4. The van der Waals surface area contributed by atoms with Gasteiger partial charge in [-0.3, -0.25) is 0 Å². The van der Waals surface area contributed by atoms with Crippen molar-refractivity contribution in [2.45, 2.75) is 0 Å². The van der Waals surface area contributed by atoms with E-state index in [9.17, 15) is 0 Å². The van der Waals surface area contributed by atoms with E-state index in [1.807, 2.05) is 0 Å². The van der Waals surface area contributed by atoms with Gasteiger partial charge >= 0.3 is 0 Å². The van der Waals surface area contributed by atoms with Gasteiger partial charge in [-0.2, -0.15) is 0 Å². The van der Waals surface area contributed by atoms with Crippen LogP contribution < -0.4 is 4.90 Å². The number of hydrogen-bond donors (Lipinski definition) is 0. The average molecular weight is 816 g/mol. The van der Waals surface area contributed by atoms with Crippen LogP contribution in [0.4, 0.5) is 17.1 Å². The molecule has 64 heavy (non-hydrogen) atoms. The van der Waals surface area contributed by atoms with Gasteiger partial charge in [0.05, 0.1) is 5.69 Å². The molecule has 0 unspecified atom stereocenters. The minimum atomic E-state index is 0.847. The van der Waals surface area contributed by atoms with Crippen LogP contribution in [-0.4, -0.2) is 0 Å². The Morgan fingerprint density at radius 1 is 0.266 bits per heavy atom. The first-order chi connectivity index (χ1) is 31.8. The topological polar surface area (TPSA) is 16.4 Å². The van der Waals surface area contributed by atoms with E-state index in [-0.39, 0.29) is 0 Å². The maximum absolute atomic E-state index is 6.71. The first kappa shape index (κ1) is 37.3. The van der Waals surface area contributed by atoms with Crippen molar-refractivity contribution in [1.82, 2.24) is 0 Å². The zero-order valence-electron chi connectivity index (χ0n) is 35.0. The molecule has 0 spiro atoms. The number of hydrogen-bond acceptors (Lipinski definition) is 2. The van der Waals surface area contributed by atoms with Gasteiger partial charge in [0.2, 0.25) is 0 Å². The van der Waals surface area contributed by atoms with Crippen LogP contribution in [0.1, 0.15) is 0 Å². The predicted molar refractivity (Wildman–Crippen MR) is 271 cm³/mol. The molecule has 1 aromatic heterocycles. The Morgan fingerprint density at radius 3 is 1.47 bits per heavy atom. The molecule has 0 aliphatic heterocycles. The molecular weight excluding hydrogens is 775 g/mol. The van der Waals surface area contributed by atoms with Crippen LogP contribution in [0.3, 0.4) is 0 Å². The van der Waals surface area contributed by atoms with Gasteiger partial charge in [-0.1, -0.05) is 200 Å². The van der Waals surface area contributed by atoms with Crippen LogP contribution in [0, 0.1) is 0 Å². The third-order valence-corrected chi connectivity index (χ3v) is 12.7. The molecule has 12 aromatic rings. The SMILES string of the molecule is c1ccc(-c2ccc3c(-c4ccccc4)c(-c4ccc(N(c5ccc6c(c5)oc5cccc(-c7ccccc7)c56)c5ccccc5-c5ccccc5)cc4)c4ccccc4c3c2)cc1. The van der Waals surface area contributed by atoms with E-state index in [1.54, 1.807) is 0 Å². The summed E-state index contributed by atoms with van der Waals surface area (Å²) in [6.45, 7) is 0. The Hall–Kier alpha value is -8.46. The lowest BCUT2D eigenvalue weighted by molar-refractivity contribution is 0.669. The van der Waals surface area contributed by atoms with E-state index in [2.05, 4.69) is 254 Å². The van der Waals surface area contributed by atoms with Gasteiger partial charge in [0, 0.05) is 33.8 Å². The second-order valence-electron chi connectivity index (χ2n) is 16.4. The lowest BCUT2D eigenvalue weighted by Crippen LogP contribution is -2.11. The molecule has 0 fully saturated rings. The van der Waals surface area contributed by atoms with Gasteiger partial charge in [0.15, 0.2) is 0 Å². The molecule has 0 radical (unpaired) electrons. The fourth-order valence-corrected chi connectivity index (χ4v) is 9.75. The minimum absolute atomic E-state index is 0.847. The molecule has 0 saturated heterocycles. The Labute approximate surface area is 372 Å². The highest BCUT2D eigenvalue weighted by atomic mass is 16.3. The number of benzene rings is 11. The Bertz CT molecular complexity index is 3630. The summed E-state index contributed by atoms with van der Waals surface area (Å²) >= 11 is 0. The van der Waals surface area contributed by atoms with E-state index in [4.69, 9.17) is 4.42 Å². The van der Waals surface area contributed by atoms with Crippen molar-refractivity contribution in [3.05, 3.63) is 249 Å². The number of furan rings is 1. The third kappa shape index (κ3) is 6.44. The molecule has 12 rings (SSSR count). The van der Waals surface area contributed by atoms with Gasteiger partial charge in [0.1, 0.15) is 11.2 Å². The van der Waals surface area contributed by atoms with E-state index < -0.39 is 0 Å². The molecule has 1 heterocycles. The zero-order valence-corrected chi connectivity index (χ0v) is 35.0. The lowest BCUT2D eigenvalue weighted by atomic mass is 9.84. The third-order valence-electron chi connectivity index (χ3n) is 12.7. The number of para-hydroxylation sites is 1. The summed E-state index contributed by atoms with van der Waals surface area (Å²) < 4.78 is 6.71. The Balaban J connectivity index is 1.05. The van der Waals surface area contributed by atoms with E-state index >= 15 is 0 Å². The average Bonchev–Trinajstić information content (AvgIpc) is 3.76. The molecule has 2 heteroatoms. The first-order valence-corrected chi connectivity index (χ1v) is 21.9. The molecular formula is C62H41NO. The number of fused-ring (bicyclic) bond motifs is 6. The second-order valence-corrected chi connectivity index (χ2v) is 16.4. The minimum Gasteiger partial charge on any atom is -0.456 e. The molecule has 300 valence electrons. The molecule has 2 nitrogen and oxygen atoms in total. The van der Waals surface area contributed by atoms with Crippen LogP contribution in [-0.2, 0) is 0 Å². The van der Waals surface area contributed by atoms with Gasteiger partial charge in [0.25, 0.3) is 0 Å². The van der Waals surface area contributed by atoms with Crippen LogP contribution >= 0.6 is 0 Å². The van der Waals surface area contributed by atoms with Crippen molar-refractivity contribution >= 4 is 60.5 Å². The highest BCUT2D eigenvalue weighted by Crippen LogP contribution is 2.48. The smallest absolute Gasteiger partial charge is 0.137 e. The van der Waals surface area contributed by atoms with Gasteiger partial charge < -0.3 is 9.32 Å². The summed E-state index contributed by atoms with van der Waals surface area (Å²) in [6.07, 6.45) is 0. The summed E-state index contributed by atoms with van der Waals surface area (Å²) in [5.74, 6) is 0. The summed E-state index contributed by atoms with van der Waals surface area (Å²) in [6, 6.07) is 89.5. The Kier molecular flexibility index (Phi) is 9.20. The molecule has 0 bridgehead atoms. The van der Waals surface area contributed by atoms with Crippen LogP contribution in [0.25, 0.3) is 99.1 Å². The predicted octanol–water partition coefficient (Wildman–Crippen LogP) is 17.7. The molecule has 0 aliphatic carbocycles. The number of nitrogens with zero attached hydrogens (tertiary/aromatic N) is 1. The van der Waals surface area contributed by atoms with Crippen LogP contribution in [0.5, 0.6) is 0 Å². The number of anilines is 3. The maximum Gasteiger partial charge on any atom is 0.137 e. The summed E-state index contributed by atoms with van der Waals surface area (Å²) in [5.41, 5.74) is 16.7. The second kappa shape index (κ2) is 15.8. The largest absolute Gasteiger partial charge is 0.456 e. The van der Waals surface area contributed by atoms with Crippen molar-refractivity contribution in [1.29, 1.82) is 0 Å². The van der Waals surface area contributed by atoms with Crippen molar-refractivity contribution in [2.75, 3.05) is 4.90 Å². The standard InChI is InChI=1S/C62H41NO/c1-5-18-42(19-6-1)47-34-38-54-56(40-47)52-27-13-14-28-53(52)61(60(54)45-24-11-4-12-25-45)46-32-35-48(36-33-46)63(57-30-16-15-26-50(57)43-20-7-2-8-21-43)49-37-39-55-59(41-49)64-58-31-17-29-51(62(55)58)44-22-9-3-10-23-44/h1-41H. The highest BCUT2D eigenvalue weighted by molar-refractivity contribution is 6.22. The normalized spacial score (nSPS) is 11.4. The summed E-state index contributed by atoms with van der Waals surface area (Å²) in [4.78, 5) is 2.37. The monoisotopic (exact) mass is 815 g/mol. The first-order valence-electron chi connectivity index (χ1n) is 21.9. The van der Waals surface area contributed by atoms with Gasteiger partial charge in [-0.25, -0.2) is 0 Å². The fraction of sp³-hybridized carbons (Fsp3) is 0. The van der Waals surface area contributed by atoms with Gasteiger partial charge in [-0.05, 0) is 114 Å². The van der Waals surface area contributed by atoms with Crippen molar-refractivity contribution < 1.29 is 4.42 Å². The van der Waals surface area contributed by atoms with Crippen molar-refractivity contribution in [3.8, 4) is 55.6 Å². The quantitative estimate of drug-likeness (QED) is 0.142. The van der Waals surface area contributed by atoms with E-state index in [1.165, 1.54) is 60.5 Å². The van der Waals surface area contributed by atoms with E-state index in [0.29, 0.717) is 0 Å². The summed E-state index contributed by atoms with van der Waals surface area (Å²) in [5, 5.41) is 7.17. The fourth-order valence-electron chi connectivity index (χ4n) is 9.75. The molecule has 0 aliphatic rings. The number of rotatable bonds is 8. The molecule has 0 atom stereocenters. The van der Waals surface area contributed by atoms with Crippen molar-refractivity contribution in [3.63, 3.8) is 0 Å². The van der Waals surface area contributed by atoms with Crippen molar-refractivity contribution in [2.24, 2.45) is 0 Å². The Morgan fingerprint density at radius 2 is 0.766 bits per heavy atom.